The number of nitro benzene ring substituents is 1. The molecule has 2 N–H and O–H groups in total. The van der Waals surface area contributed by atoms with Crippen LogP contribution >= 0.6 is 0 Å². The van der Waals surface area contributed by atoms with Crippen molar-refractivity contribution < 1.29 is 13.3 Å². The zero-order valence-corrected chi connectivity index (χ0v) is 11.2. The SMILES string of the molecule is CN(C1CC(N)C1)S(=O)(=O)c1ccc([N+](=O)[O-])cc1. The summed E-state index contributed by atoms with van der Waals surface area (Å²) in [5.41, 5.74) is 5.51. The number of hydrogen-bond donors (Lipinski definition) is 1. The summed E-state index contributed by atoms with van der Waals surface area (Å²) in [7, 11) is -2.10. The number of hydrogen-bond acceptors (Lipinski definition) is 5. The predicted molar refractivity (Wildman–Crippen MR) is 69.0 cm³/mol. The highest BCUT2D eigenvalue weighted by Gasteiger charge is 2.36. The van der Waals surface area contributed by atoms with Crippen molar-refractivity contribution in [2.45, 2.75) is 29.8 Å². The van der Waals surface area contributed by atoms with Gasteiger partial charge < -0.3 is 5.73 Å². The minimum absolute atomic E-state index is 0.0551. The molecule has 0 unspecified atom stereocenters. The standard InChI is InChI=1S/C11H15N3O4S/c1-13(10-6-8(12)7-10)19(17,18)11-4-2-9(3-5-11)14(15)16/h2-5,8,10H,6-7,12H2,1H3. The third-order valence-corrected chi connectivity index (χ3v) is 5.31. The van der Waals surface area contributed by atoms with Gasteiger partial charge >= 0.3 is 0 Å². The van der Waals surface area contributed by atoms with E-state index in [-0.39, 0.29) is 22.7 Å². The Balaban J connectivity index is 2.21. The third-order valence-electron chi connectivity index (χ3n) is 3.39. The topological polar surface area (TPSA) is 107 Å². The largest absolute Gasteiger partial charge is 0.328 e. The first-order valence-electron chi connectivity index (χ1n) is 5.80. The Morgan fingerprint density at radius 2 is 1.84 bits per heavy atom. The first-order valence-corrected chi connectivity index (χ1v) is 7.24. The highest BCUT2D eigenvalue weighted by Crippen LogP contribution is 2.28. The molecule has 0 amide bonds. The van der Waals surface area contributed by atoms with Crippen molar-refractivity contribution >= 4 is 15.7 Å². The van der Waals surface area contributed by atoms with Crippen LogP contribution in [0.3, 0.4) is 0 Å². The molecular weight excluding hydrogens is 270 g/mol. The molecule has 104 valence electrons. The van der Waals surface area contributed by atoms with E-state index in [1.807, 2.05) is 0 Å². The van der Waals surface area contributed by atoms with E-state index in [0.29, 0.717) is 12.8 Å². The van der Waals surface area contributed by atoms with Crippen molar-refractivity contribution in [1.82, 2.24) is 4.31 Å². The highest BCUT2D eigenvalue weighted by atomic mass is 32.2. The van der Waals surface area contributed by atoms with Crippen LogP contribution in [0.15, 0.2) is 29.2 Å². The molecule has 7 nitrogen and oxygen atoms in total. The number of rotatable bonds is 4. The van der Waals surface area contributed by atoms with Gasteiger partial charge in [-0.3, -0.25) is 10.1 Å². The summed E-state index contributed by atoms with van der Waals surface area (Å²) in [6.07, 6.45) is 1.28. The molecule has 8 heteroatoms. The van der Waals surface area contributed by atoms with Crippen LogP contribution in [0.1, 0.15) is 12.8 Å². The number of nitrogens with two attached hydrogens (primary N) is 1. The molecular formula is C11H15N3O4S. The number of nitrogens with zero attached hydrogens (tertiary/aromatic N) is 2. The van der Waals surface area contributed by atoms with Gasteiger partial charge in [0.25, 0.3) is 5.69 Å². The van der Waals surface area contributed by atoms with Crippen molar-refractivity contribution in [3.8, 4) is 0 Å². The van der Waals surface area contributed by atoms with Crippen molar-refractivity contribution in [2.24, 2.45) is 5.73 Å². The van der Waals surface area contributed by atoms with Crippen molar-refractivity contribution in [3.63, 3.8) is 0 Å². The van der Waals surface area contributed by atoms with Crippen molar-refractivity contribution in [1.29, 1.82) is 0 Å². The highest BCUT2D eigenvalue weighted by molar-refractivity contribution is 7.89. The molecule has 1 fully saturated rings. The van der Waals surface area contributed by atoms with Crippen LogP contribution in [0.2, 0.25) is 0 Å². The maximum Gasteiger partial charge on any atom is 0.269 e. The average molecular weight is 285 g/mol. The van der Waals surface area contributed by atoms with Gasteiger partial charge in [0.1, 0.15) is 0 Å². The van der Waals surface area contributed by atoms with E-state index in [1.54, 1.807) is 0 Å². The second-order valence-electron chi connectivity index (χ2n) is 4.66. The van der Waals surface area contributed by atoms with Crippen LogP contribution in [0.4, 0.5) is 5.69 Å². The minimum Gasteiger partial charge on any atom is -0.328 e. The Morgan fingerprint density at radius 3 is 2.26 bits per heavy atom. The van der Waals surface area contributed by atoms with E-state index >= 15 is 0 Å². The first kappa shape index (κ1) is 13.9. The molecule has 2 rings (SSSR count). The molecule has 0 saturated heterocycles. The Hall–Kier alpha value is -1.51. The van der Waals surface area contributed by atoms with Gasteiger partial charge in [0.05, 0.1) is 9.82 Å². The summed E-state index contributed by atoms with van der Waals surface area (Å²) in [4.78, 5) is 10.0. The van der Waals surface area contributed by atoms with E-state index in [4.69, 9.17) is 5.73 Å². The van der Waals surface area contributed by atoms with Crippen LogP contribution in [-0.4, -0.2) is 36.8 Å². The maximum absolute atomic E-state index is 12.3. The van der Waals surface area contributed by atoms with E-state index in [2.05, 4.69) is 0 Å². The summed E-state index contributed by atoms with van der Waals surface area (Å²) < 4.78 is 25.8. The molecule has 19 heavy (non-hydrogen) atoms. The Kier molecular flexibility index (Phi) is 3.57. The third kappa shape index (κ3) is 2.60. The maximum atomic E-state index is 12.3. The van der Waals surface area contributed by atoms with Crippen LogP contribution in [-0.2, 0) is 10.0 Å². The van der Waals surface area contributed by atoms with Gasteiger partial charge in [0.15, 0.2) is 0 Å². The van der Waals surface area contributed by atoms with Gasteiger partial charge in [0, 0.05) is 31.3 Å². The van der Waals surface area contributed by atoms with E-state index in [1.165, 1.54) is 35.6 Å². The second-order valence-corrected chi connectivity index (χ2v) is 6.66. The number of non-ortho nitro benzene ring substituents is 1. The number of nitro groups is 1. The molecule has 1 aliphatic carbocycles. The molecule has 0 aliphatic heterocycles. The number of benzene rings is 1. The van der Waals surface area contributed by atoms with E-state index in [9.17, 15) is 18.5 Å². The molecule has 1 aliphatic rings. The Labute approximate surface area is 111 Å². The number of sulfonamides is 1. The van der Waals surface area contributed by atoms with Gasteiger partial charge in [-0.05, 0) is 25.0 Å². The summed E-state index contributed by atoms with van der Waals surface area (Å²) in [6.45, 7) is 0. The lowest BCUT2D eigenvalue weighted by Crippen LogP contribution is -2.50. The lowest BCUT2D eigenvalue weighted by molar-refractivity contribution is -0.384. The van der Waals surface area contributed by atoms with Crippen LogP contribution in [0.25, 0.3) is 0 Å². The van der Waals surface area contributed by atoms with Gasteiger partial charge in [-0.2, -0.15) is 4.31 Å². The molecule has 0 aromatic heterocycles. The van der Waals surface area contributed by atoms with E-state index in [0.717, 1.165) is 0 Å². The molecule has 0 radical (unpaired) electrons. The fourth-order valence-corrected chi connectivity index (χ4v) is 3.41. The van der Waals surface area contributed by atoms with Crippen LogP contribution in [0, 0.1) is 10.1 Å². The van der Waals surface area contributed by atoms with Gasteiger partial charge in [-0.1, -0.05) is 0 Å². The summed E-state index contributed by atoms with van der Waals surface area (Å²) >= 11 is 0. The smallest absolute Gasteiger partial charge is 0.269 e. The fourth-order valence-electron chi connectivity index (χ4n) is 2.03. The quantitative estimate of drug-likeness (QED) is 0.647. The zero-order valence-electron chi connectivity index (χ0n) is 10.4. The fraction of sp³-hybridized carbons (Fsp3) is 0.455. The summed E-state index contributed by atoms with van der Waals surface area (Å²) in [5.74, 6) is 0. The molecule has 1 aromatic carbocycles. The average Bonchev–Trinajstić information content (AvgIpc) is 2.34. The molecule has 1 saturated carbocycles. The van der Waals surface area contributed by atoms with E-state index < -0.39 is 14.9 Å². The van der Waals surface area contributed by atoms with Crippen molar-refractivity contribution in [3.05, 3.63) is 34.4 Å². The second kappa shape index (κ2) is 4.87. The Bertz CT molecular complexity index is 578. The normalized spacial score (nSPS) is 23.1. The summed E-state index contributed by atoms with van der Waals surface area (Å²) in [5, 5.41) is 10.5. The summed E-state index contributed by atoms with van der Waals surface area (Å²) in [6, 6.07) is 4.85. The van der Waals surface area contributed by atoms with Crippen LogP contribution < -0.4 is 5.73 Å². The lowest BCUT2D eigenvalue weighted by atomic mass is 9.88. The van der Waals surface area contributed by atoms with Crippen LogP contribution in [0.5, 0.6) is 0 Å². The van der Waals surface area contributed by atoms with Crippen molar-refractivity contribution in [2.75, 3.05) is 7.05 Å². The Morgan fingerprint density at radius 1 is 1.32 bits per heavy atom. The monoisotopic (exact) mass is 285 g/mol. The molecule has 1 aromatic rings. The lowest BCUT2D eigenvalue weighted by Gasteiger charge is -2.38. The van der Waals surface area contributed by atoms with Gasteiger partial charge in [-0.15, -0.1) is 0 Å². The molecule has 0 spiro atoms. The predicted octanol–water partition coefficient (Wildman–Crippen LogP) is 0.705. The first-order chi connectivity index (χ1) is 8.82. The molecule has 0 atom stereocenters. The zero-order chi connectivity index (χ0) is 14.2. The minimum atomic E-state index is -3.61. The molecule has 0 bridgehead atoms. The molecule has 0 heterocycles. The van der Waals surface area contributed by atoms with Gasteiger partial charge in [0.2, 0.25) is 10.0 Å². The van der Waals surface area contributed by atoms with Gasteiger partial charge in [-0.25, -0.2) is 8.42 Å².